The highest BCUT2D eigenvalue weighted by atomic mass is 19.4. The molecule has 2 heterocycles. The fraction of sp³-hybridized carbons (Fsp3) is 0.421. The summed E-state index contributed by atoms with van der Waals surface area (Å²) < 4.78 is 39.5. The molecule has 1 N–H and O–H groups in total. The molecule has 1 saturated heterocycles. The van der Waals surface area contributed by atoms with Gasteiger partial charge in [-0.2, -0.15) is 13.2 Å². The second-order valence-corrected chi connectivity index (χ2v) is 6.86. The average Bonchev–Trinajstić information content (AvgIpc) is 2.64. The highest BCUT2D eigenvalue weighted by molar-refractivity contribution is 6.06. The average molecular weight is 393 g/mol. The van der Waals surface area contributed by atoms with Crippen LogP contribution in [0.5, 0.6) is 0 Å². The smallest absolute Gasteiger partial charge is 0.338 e. The Bertz CT molecular complexity index is 853. The van der Waals surface area contributed by atoms with Crippen molar-refractivity contribution in [3.8, 4) is 0 Å². The number of nitrogens with zero attached hydrogens (tertiary/aromatic N) is 4. The minimum absolute atomic E-state index is 0.333. The van der Waals surface area contributed by atoms with E-state index in [-0.39, 0.29) is 0 Å². The zero-order valence-corrected chi connectivity index (χ0v) is 16.0. The third-order valence-corrected chi connectivity index (χ3v) is 4.76. The van der Waals surface area contributed by atoms with Gasteiger partial charge in [0.25, 0.3) is 5.91 Å². The second kappa shape index (κ2) is 7.75. The van der Waals surface area contributed by atoms with E-state index in [0.717, 1.165) is 38.3 Å². The number of hydrogen-bond donors (Lipinski definition) is 1. The van der Waals surface area contributed by atoms with Crippen LogP contribution in [0.25, 0.3) is 0 Å². The van der Waals surface area contributed by atoms with Gasteiger partial charge in [0.1, 0.15) is 0 Å². The third-order valence-electron chi connectivity index (χ3n) is 4.76. The molecule has 0 spiro atoms. The van der Waals surface area contributed by atoms with Crippen LogP contribution in [0.1, 0.15) is 27.3 Å². The Kier molecular flexibility index (Phi) is 5.55. The predicted octanol–water partition coefficient (Wildman–Crippen LogP) is 3.12. The number of halogens is 3. The molecule has 0 unspecified atom stereocenters. The van der Waals surface area contributed by atoms with E-state index in [1.54, 1.807) is 13.8 Å². The highest BCUT2D eigenvalue weighted by Crippen LogP contribution is 2.32. The van der Waals surface area contributed by atoms with E-state index >= 15 is 0 Å². The Labute approximate surface area is 161 Å². The molecule has 0 bridgehead atoms. The summed E-state index contributed by atoms with van der Waals surface area (Å²) in [5, 5.41) is 2.55. The standard InChI is InChI=1S/C19H22F3N5O/c1-12-16(13(2)24-18(23-12)27-10-8-26(3)9-11-27)25-17(28)14-6-4-5-7-15(14)19(20,21)22/h4-7H,8-11H2,1-3H3,(H,25,28). The molecule has 1 aromatic carbocycles. The molecule has 1 aromatic heterocycles. The Morgan fingerprint density at radius 3 is 2.18 bits per heavy atom. The van der Waals surface area contributed by atoms with Gasteiger partial charge in [0, 0.05) is 26.2 Å². The van der Waals surface area contributed by atoms with Crippen LogP contribution in [0, 0.1) is 13.8 Å². The molecule has 150 valence electrons. The van der Waals surface area contributed by atoms with E-state index in [9.17, 15) is 18.0 Å². The van der Waals surface area contributed by atoms with Crippen LogP contribution < -0.4 is 10.2 Å². The first kappa shape index (κ1) is 20.1. The van der Waals surface area contributed by atoms with E-state index in [1.807, 2.05) is 7.05 Å². The minimum Gasteiger partial charge on any atom is -0.338 e. The first-order valence-corrected chi connectivity index (χ1v) is 8.93. The van der Waals surface area contributed by atoms with Gasteiger partial charge in [-0.1, -0.05) is 12.1 Å². The van der Waals surface area contributed by atoms with E-state index in [1.165, 1.54) is 12.1 Å². The number of anilines is 2. The number of alkyl halides is 3. The fourth-order valence-electron chi connectivity index (χ4n) is 3.14. The number of hydrogen-bond acceptors (Lipinski definition) is 5. The number of carbonyl (C=O) groups is 1. The van der Waals surface area contributed by atoms with E-state index in [2.05, 4.69) is 25.1 Å². The maximum atomic E-state index is 13.2. The molecule has 1 amide bonds. The highest BCUT2D eigenvalue weighted by Gasteiger charge is 2.35. The first-order valence-electron chi connectivity index (χ1n) is 8.93. The van der Waals surface area contributed by atoms with Crippen molar-refractivity contribution in [1.82, 2.24) is 14.9 Å². The summed E-state index contributed by atoms with van der Waals surface area (Å²) in [5.41, 5.74) is -0.0480. The molecule has 0 aliphatic carbocycles. The van der Waals surface area contributed by atoms with Gasteiger partial charge in [-0.15, -0.1) is 0 Å². The Hall–Kier alpha value is -2.68. The Morgan fingerprint density at radius 2 is 1.61 bits per heavy atom. The number of piperazine rings is 1. The molecule has 28 heavy (non-hydrogen) atoms. The first-order chi connectivity index (χ1) is 13.2. The van der Waals surface area contributed by atoms with Crippen molar-refractivity contribution in [3.63, 3.8) is 0 Å². The molecule has 6 nitrogen and oxygen atoms in total. The van der Waals surface area contributed by atoms with Crippen LogP contribution in [0.2, 0.25) is 0 Å². The van der Waals surface area contributed by atoms with Crippen molar-refractivity contribution in [1.29, 1.82) is 0 Å². The maximum absolute atomic E-state index is 13.2. The van der Waals surface area contributed by atoms with Gasteiger partial charge < -0.3 is 15.1 Å². The van der Waals surface area contributed by atoms with Crippen molar-refractivity contribution < 1.29 is 18.0 Å². The lowest BCUT2D eigenvalue weighted by molar-refractivity contribution is -0.137. The van der Waals surface area contributed by atoms with Gasteiger partial charge in [-0.05, 0) is 33.0 Å². The summed E-state index contributed by atoms with van der Waals surface area (Å²) in [4.78, 5) is 25.7. The van der Waals surface area contributed by atoms with Gasteiger partial charge in [0.05, 0.1) is 28.2 Å². The third kappa shape index (κ3) is 4.24. The summed E-state index contributed by atoms with van der Waals surface area (Å²) in [6, 6.07) is 4.70. The van der Waals surface area contributed by atoms with E-state index in [4.69, 9.17) is 0 Å². The van der Waals surface area contributed by atoms with Gasteiger partial charge in [0.2, 0.25) is 5.95 Å². The number of aromatic nitrogens is 2. The maximum Gasteiger partial charge on any atom is 0.417 e. The van der Waals surface area contributed by atoms with Gasteiger partial charge in [0.15, 0.2) is 0 Å². The molecule has 3 rings (SSSR count). The molecular formula is C19H22F3N5O. The van der Waals surface area contributed by atoms with Crippen molar-refractivity contribution in [2.45, 2.75) is 20.0 Å². The summed E-state index contributed by atoms with van der Waals surface area (Å²) in [7, 11) is 2.05. The van der Waals surface area contributed by atoms with Crippen LogP contribution in [-0.4, -0.2) is 54.0 Å². The fourth-order valence-corrected chi connectivity index (χ4v) is 3.14. The molecular weight excluding hydrogens is 371 g/mol. The van der Waals surface area contributed by atoms with Crippen LogP contribution in [-0.2, 0) is 6.18 Å². The molecule has 2 aromatic rings. The van der Waals surface area contributed by atoms with Crippen LogP contribution in [0.4, 0.5) is 24.8 Å². The predicted molar refractivity (Wildman–Crippen MR) is 101 cm³/mol. The molecule has 1 aliphatic rings. The molecule has 0 saturated carbocycles. The SMILES string of the molecule is Cc1nc(N2CCN(C)CC2)nc(C)c1NC(=O)c1ccccc1C(F)(F)F. The number of aryl methyl sites for hydroxylation is 2. The number of likely N-dealkylation sites (N-methyl/N-ethyl adjacent to an activating group) is 1. The largest absolute Gasteiger partial charge is 0.417 e. The molecule has 1 fully saturated rings. The molecule has 0 atom stereocenters. The lowest BCUT2D eigenvalue weighted by Crippen LogP contribution is -2.45. The van der Waals surface area contributed by atoms with Crippen molar-refractivity contribution in [2.75, 3.05) is 43.4 Å². The normalized spacial score (nSPS) is 15.6. The van der Waals surface area contributed by atoms with Crippen molar-refractivity contribution in [2.24, 2.45) is 0 Å². The summed E-state index contributed by atoms with van der Waals surface area (Å²) in [5.74, 6) is -0.271. The van der Waals surface area contributed by atoms with Crippen molar-refractivity contribution in [3.05, 3.63) is 46.8 Å². The lowest BCUT2D eigenvalue weighted by atomic mass is 10.1. The summed E-state index contributed by atoms with van der Waals surface area (Å²) >= 11 is 0. The van der Waals surface area contributed by atoms with Crippen LogP contribution in [0.15, 0.2) is 24.3 Å². The summed E-state index contributed by atoms with van der Waals surface area (Å²) in [6.45, 7) is 6.79. The molecule has 0 radical (unpaired) electrons. The van der Waals surface area contributed by atoms with E-state index in [0.29, 0.717) is 23.0 Å². The Balaban J connectivity index is 1.85. The topological polar surface area (TPSA) is 61.4 Å². The number of amides is 1. The second-order valence-electron chi connectivity index (χ2n) is 6.86. The molecule has 9 heteroatoms. The zero-order valence-electron chi connectivity index (χ0n) is 16.0. The van der Waals surface area contributed by atoms with Crippen LogP contribution >= 0.6 is 0 Å². The van der Waals surface area contributed by atoms with Gasteiger partial charge >= 0.3 is 6.18 Å². The number of rotatable bonds is 3. The number of nitrogens with one attached hydrogen (secondary N) is 1. The Morgan fingerprint density at radius 1 is 1.04 bits per heavy atom. The quantitative estimate of drug-likeness (QED) is 0.868. The molecule has 1 aliphatic heterocycles. The number of carbonyl (C=O) groups excluding carboxylic acids is 1. The zero-order chi connectivity index (χ0) is 20.5. The van der Waals surface area contributed by atoms with E-state index < -0.39 is 23.2 Å². The van der Waals surface area contributed by atoms with Crippen LogP contribution in [0.3, 0.4) is 0 Å². The summed E-state index contributed by atoms with van der Waals surface area (Å²) in [6.07, 6.45) is -4.61. The van der Waals surface area contributed by atoms with Gasteiger partial charge in [-0.25, -0.2) is 9.97 Å². The van der Waals surface area contributed by atoms with Crippen molar-refractivity contribution >= 4 is 17.5 Å². The minimum atomic E-state index is -4.61. The van der Waals surface area contributed by atoms with Gasteiger partial charge in [-0.3, -0.25) is 4.79 Å². The monoisotopic (exact) mass is 393 g/mol. The number of benzene rings is 1. The lowest BCUT2D eigenvalue weighted by Gasteiger charge is -2.32.